The molecule has 0 radical (unpaired) electrons. The maximum atomic E-state index is 13.0. The van der Waals surface area contributed by atoms with Crippen LogP contribution in [0.15, 0.2) is 47.4 Å². The van der Waals surface area contributed by atoms with Gasteiger partial charge in [0.2, 0.25) is 0 Å². The van der Waals surface area contributed by atoms with E-state index in [1.54, 1.807) is 24.3 Å². The number of benzene rings is 2. The van der Waals surface area contributed by atoms with E-state index in [1.807, 2.05) is 6.92 Å². The van der Waals surface area contributed by atoms with Crippen molar-refractivity contribution in [2.75, 3.05) is 30.4 Å². The quantitative estimate of drug-likeness (QED) is 0.718. The number of carbonyl (C=O) groups is 1. The second-order valence-electron chi connectivity index (χ2n) is 7.31. The highest BCUT2D eigenvalue weighted by atomic mass is 32.2. The van der Waals surface area contributed by atoms with E-state index in [-0.39, 0.29) is 27.7 Å². The predicted octanol–water partition coefficient (Wildman–Crippen LogP) is 2.06. The fourth-order valence-electron chi connectivity index (χ4n) is 3.30. The predicted molar refractivity (Wildman–Crippen MR) is 114 cm³/mol. The number of rotatable bonds is 6. The fraction of sp³-hybridized carbons (Fsp3) is 0.350. The number of carbonyl (C=O) groups excluding carboxylic acids is 1. The molecule has 0 saturated carbocycles. The van der Waals surface area contributed by atoms with E-state index in [4.69, 9.17) is 4.74 Å². The lowest BCUT2D eigenvalue weighted by Gasteiger charge is -2.24. The summed E-state index contributed by atoms with van der Waals surface area (Å²) in [4.78, 5) is 14.1. The maximum Gasteiger partial charge on any atom is 0.265 e. The van der Waals surface area contributed by atoms with Crippen molar-refractivity contribution < 1.29 is 26.4 Å². The standard InChI is InChI=1S/C20H24N2O6S2/c1-14-4-7-16(8-5-14)21-30(26,27)19-12-15(6-9-18(19)28-3)20(23)22(2)17-10-11-29(24,25)13-17/h4-9,12,17,21H,10-11,13H2,1-3H3/t17-/m1/s1. The molecule has 0 bridgehead atoms. The van der Waals surface area contributed by atoms with Gasteiger partial charge in [-0.2, -0.15) is 0 Å². The number of ether oxygens (including phenoxy) is 1. The first-order valence-corrected chi connectivity index (χ1v) is 12.6. The number of hydrogen-bond donors (Lipinski definition) is 1. The average Bonchev–Trinajstić information content (AvgIpc) is 3.07. The third-order valence-electron chi connectivity index (χ3n) is 5.08. The Morgan fingerprint density at radius 1 is 1.17 bits per heavy atom. The molecule has 2 aromatic carbocycles. The van der Waals surface area contributed by atoms with Gasteiger partial charge in [-0.1, -0.05) is 17.7 Å². The zero-order chi connectivity index (χ0) is 22.1. The van der Waals surface area contributed by atoms with Crippen LogP contribution < -0.4 is 9.46 Å². The van der Waals surface area contributed by atoms with E-state index in [0.29, 0.717) is 12.1 Å². The van der Waals surface area contributed by atoms with Gasteiger partial charge in [0.25, 0.3) is 15.9 Å². The van der Waals surface area contributed by atoms with Gasteiger partial charge in [-0.3, -0.25) is 9.52 Å². The number of methoxy groups -OCH3 is 1. The van der Waals surface area contributed by atoms with Crippen molar-refractivity contribution in [2.24, 2.45) is 0 Å². The molecule has 0 aromatic heterocycles. The molecule has 0 spiro atoms. The fourth-order valence-corrected chi connectivity index (χ4v) is 6.33. The van der Waals surface area contributed by atoms with Crippen molar-refractivity contribution in [1.82, 2.24) is 4.90 Å². The van der Waals surface area contributed by atoms with Crippen LogP contribution in [-0.4, -0.2) is 59.3 Å². The van der Waals surface area contributed by atoms with Gasteiger partial charge < -0.3 is 9.64 Å². The van der Waals surface area contributed by atoms with Gasteiger partial charge in [-0.25, -0.2) is 16.8 Å². The molecular formula is C20H24N2O6S2. The van der Waals surface area contributed by atoms with E-state index in [9.17, 15) is 21.6 Å². The summed E-state index contributed by atoms with van der Waals surface area (Å²) in [6.45, 7) is 1.89. The van der Waals surface area contributed by atoms with Gasteiger partial charge in [0.15, 0.2) is 9.84 Å². The van der Waals surface area contributed by atoms with Crippen molar-refractivity contribution in [3.05, 3.63) is 53.6 Å². The Kier molecular flexibility index (Phi) is 6.09. The van der Waals surface area contributed by atoms with Crippen LogP contribution in [0.2, 0.25) is 0 Å². The van der Waals surface area contributed by atoms with Crippen LogP contribution >= 0.6 is 0 Å². The Labute approximate surface area is 176 Å². The summed E-state index contributed by atoms with van der Waals surface area (Å²) in [7, 11) is -4.32. The molecule has 162 valence electrons. The smallest absolute Gasteiger partial charge is 0.265 e. The highest BCUT2D eigenvalue weighted by Gasteiger charge is 2.33. The number of aryl methyl sites for hydroxylation is 1. The van der Waals surface area contributed by atoms with Crippen molar-refractivity contribution >= 4 is 31.5 Å². The summed E-state index contributed by atoms with van der Waals surface area (Å²) >= 11 is 0. The van der Waals surface area contributed by atoms with Gasteiger partial charge >= 0.3 is 0 Å². The third-order valence-corrected chi connectivity index (χ3v) is 8.23. The molecule has 3 rings (SSSR count). The summed E-state index contributed by atoms with van der Waals surface area (Å²) in [5, 5.41) is 0. The van der Waals surface area contributed by atoms with E-state index in [2.05, 4.69) is 4.72 Å². The first-order chi connectivity index (χ1) is 14.0. The number of nitrogens with one attached hydrogen (secondary N) is 1. The SMILES string of the molecule is COc1ccc(C(=O)N(C)[C@@H]2CCS(=O)(=O)C2)cc1S(=O)(=O)Nc1ccc(C)cc1. The van der Waals surface area contributed by atoms with E-state index < -0.39 is 31.8 Å². The second-order valence-corrected chi connectivity index (χ2v) is 11.2. The summed E-state index contributed by atoms with van der Waals surface area (Å²) < 4.78 is 57.0. The zero-order valence-corrected chi connectivity index (χ0v) is 18.6. The minimum Gasteiger partial charge on any atom is -0.495 e. The van der Waals surface area contributed by atoms with Crippen LogP contribution in [0, 0.1) is 6.92 Å². The van der Waals surface area contributed by atoms with Gasteiger partial charge in [-0.05, 0) is 43.7 Å². The van der Waals surface area contributed by atoms with Crippen LogP contribution in [0.4, 0.5) is 5.69 Å². The Balaban J connectivity index is 1.91. The lowest BCUT2D eigenvalue weighted by atomic mass is 10.1. The lowest BCUT2D eigenvalue weighted by Crippen LogP contribution is -2.37. The largest absolute Gasteiger partial charge is 0.495 e. The monoisotopic (exact) mass is 452 g/mol. The number of amides is 1. The molecule has 1 aliphatic heterocycles. The van der Waals surface area contributed by atoms with Gasteiger partial charge in [0.1, 0.15) is 10.6 Å². The normalized spacial score (nSPS) is 18.0. The molecule has 1 heterocycles. The Hall–Kier alpha value is -2.59. The molecule has 1 aliphatic rings. The van der Waals surface area contributed by atoms with Crippen LogP contribution in [0.5, 0.6) is 5.75 Å². The maximum absolute atomic E-state index is 13.0. The topological polar surface area (TPSA) is 110 Å². The number of nitrogens with zero attached hydrogens (tertiary/aromatic N) is 1. The molecular weight excluding hydrogens is 428 g/mol. The van der Waals surface area contributed by atoms with Crippen molar-refractivity contribution in [1.29, 1.82) is 0 Å². The molecule has 10 heteroatoms. The number of hydrogen-bond acceptors (Lipinski definition) is 6. The van der Waals surface area contributed by atoms with Crippen LogP contribution in [0.3, 0.4) is 0 Å². The molecule has 2 aromatic rings. The van der Waals surface area contributed by atoms with Crippen molar-refractivity contribution in [3.8, 4) is 5.75 Å². The Morgan fingerprint density at radius 3 is 2.40 bits per heavy atom. The number of anilines is 1. The molecule has 1 N–H and O–H groups in total. The van der Waals surface area contributed by atoms with Crippen molar-refractivity contribution in [2.45, 2.75) is 24.3 Å². The van der Waals surface area contributed by atoms with Crippen molar-refractivity contribution in [3.63, 3.8) is 0 Å². The molecule has 30 heavy (non-hydrogen) atoms. The molecule has 0 aliphatic carbocycles. The molecule has 0 unspecified atom stereocenters. The number of sulfonamides is 1. The minimum atomic E-state index is -4.03. The lowest BCUT2D eigenvalue weighted by molar-refractivity contribution is 0.0747. The zero-order valence-electron chi connectivity index (χ0n) is 17.0. The molecule has 1 atom stereocenters. The minimum absolute atomic E-state index is 0.0397. The highest BCUT2D eigenvalue weighted by Crippen LogP contribution is 2.28. The Morgan fingerprint density at radius 2 is 1.83 bits per heavy atom. The highest BCUT2D eigenvalue weighted by molar-refractivity contribution is 7.92. The third kappa shape index (κ3) is 4.76. The van der Waals surface area contributed by atoms with Gasteiger partial charge in [-0.15, -0.1) is 0 Å². The number of sulfone groups is 1. The molecule has 8 nitrogen and oxygen atoms in total. The first kappa shape index (κ1) is 22.1. The molecule has 1 saturated heterocycles. The summed E-state index contributed by atoms with van der Waals surface area (Å²) in [6, 6.07) is 10.5. The summed E-state index contributed by atoms with van der Waals surface area (Å²) in [6.07, 6.45) is 0.362. The van der Waals surface area contributed by atoms with Crippen LogP contribution in [0.25, 0.3) is 0 Å². The second kappa shape index (κ2) is 8.27. The van der Waals surface area contributed by atoms with Gasteiger partial charge in [0.05, 0.1) is 18.6 Å². The van der Waals surface area contributed by atoms with Crippen LogP contribution in [0.1, 0.15) is 22.3 Å². The van der Waals surface area contributed by atoms with E-state index in [1.165, 1.54) is 37.3 Å². The average molecular weight is 453 g/mol. The molecule has 1 amide bonds. The van der Waals surface area contributed by atoms with E-state index >= 15 is 0 Å². The van der Waals surface area contributed by atoms with Gasteiger partial charge in [0, 0.05) is 24.3 Å². The first-order valence-electron chi connectivity index (χ1n) is 9.27. The Bertz CT molecular complexity index is 1160. The molecule has 1 fully saturated rings. The summed E-state index contributed by atoms with van der Waals surface area (Å²) in [5.74, 6) is -0.410. The van der Waals surface area contributed by atoms with Crippen LogP contribution in [-0.2, 0) is 19.9 Å². The van der Waals surface area contributed by atoms with E-state index in [0.717, 1.165) is 5.56 Å². The summed E-state index contributed by atoms with van der Waals surface area (Å²) in [5.41, 5.74) is 1.50.